The molecule has 2 heterocycles. The highest BCUT2D eigenvalue weighted by Gasteiger charge is 2.28. The number of carbonyl (C=O) groups is 2. The Balaban J connectivity index is 1.97. The Bertz CT molecular complexity index is 615. The number of carbonyl (C=O) groups excluding carboxylic acids is 2. The van der Waals surface area contributed by atoms with E-state index < -0.39 is 17.6 Å². The Morgan fingerprint density at radius 2 is 2.17 bits per heavy atom. The minimum absolute atomic E-state index is 0.0430. The summed E-state index contributed by atoms with van der Waals surface area (Å²) in [6.45, 7) is 6.72. The average Bonchev–Trinajstić information content (AvgIpc) is 2.84. The summed E-state index contributed by atoms with van der Waals surface area (Å²) in [7, 11) is 0. The molecule has 1 atom stereocenters. The molecule has 2 rings (SSSR count). The predicted octanol–water partition coefficient (Wildman–Crippen LogP) is 1.94. The molecule has 7 nitrogen and oxygen atoms in total. The standard InChI is InChI=1S/C15H21ClN4O3/c1-15(2,3)23-14(22)19-10-4-5-20(8-10)13-11(16)6-9(7-18-13)12(17)21/h6-7,10H,4-5,8H2,1-3H3,(H2,17,21)(H,19,22)/t10-/m0/s1. The van der Waals surface area contributed by atoms with Crippen LogP contribution in [0.2, 0.25) is 5.02 Å². The van der Waals surface area contributed by atoms with Crippen LogP contribution in [0.3, 0.4) is 0 Å². The van der Waals surface area contributed by atoms with E-state index in [0.29, 0.717) is 23.9 Å². The molecule has 1 aliphatic rings. The van der Waals surface area contributed by atoms with Gasteiger partial charge in [-0.15, -0.1) is 0 Å². The fourth-order valence-electron chi connectivity index (χ4n) is 2.34. The van der Waals surface area contributed by atoms with Gasteiger partial charge in [0.25, 0.3) is 0 Å². The van der Waals surface area contributed by atoms with E-state index in [1.165, 1.54) is 12.3 Å². The molecule has 1 fully saturated rings. The first kappa shape index (κ1) is 17.3. The van der Waals surface area contributed by atoms with Crippen molar-refractivity contribution < 1.29 is 14.3 Å². The first-order valence-electron chi connectivity index (χ1n) is 7.35. The Kier molecular flexibility index (Phi) is 4.99. The van der Waals surface area contributed by atoms with Crippen molar-refractivity contribution in [2.75, 3.05) is 18.0 Å². The predicted molar refractivity (Wildman–Crippen MR) is 87.8 cm³/mol. The fraction of sp³-hybridized carbons (Fsp3) is 0.533. The zero-order chi connectivity index (χ0) is 17.2. The maximum absolute atomic E-state index is 11.8. The van der Waals surface area contributed by atoms with Crippen LogP contribution in [0, 0.1) is 0 Å². The quantitative estimate of drug-likeness (QED) is 0.876. The molecular weight excluding hydrogens is 320 g/mol. The van der Waals surface area contributed by atoms with Crippen molar-refractivity contribution in [1.29, 1.82) is 0 Å². The summed E-state index contributed by atoms with van der Waals surface area (Å²) in [5.74, 6) is 0.00185. The van der Waals surface area contributed by atoms with Gasteiger partial charge in [0, 0.05) is 19.3 Å². The van der Waals surface area contributed by atoms with Gasteiger partial charge in [0.1, 0.15) is 11.4 Å². The molecule has 1 saturated heterocycles. The summed E-state index contributed by atoms with van der Waals surface area (Å²) in [6, 6.07) is 1.46. The molecule has 126 valence electrons. The number of aromatic nitrogens is 1. The molecular formula is C15H21ClN4O3. The normalized spacial score (nSPS) is 17.9. The van der Waals surface area contributed by atoms with E-state index in [2.05, 4.69) is 10.3 Å². The Hall–Kier alpha value is -2.02. The van der Waals surface area contributed by atoms with Crippen LogP contribution in [-0.4, -0.2) is 41.7 Å². The zero-order valence-corrected chi connectivity index (χ0v) is 14.2. The second-order valence-corrected chi connectivity index (χ2v) is 6.88. The Labute approximate surface area is 140 Å². The molecule has 0 aliphatic carbocycles. The van der Waals surface area contributed by atoms with Crippen molar-refractivity contribution in [2.24, 2.45) is 5.73 Å². The molecule has 0 radical (unpaired) electrons. The number of primary amides is 1. The van der Waals surface area contributed by atoms with Crippen LogP contribution in [0.25, 0.3) is 0 Å². The summed E-state index contributed by atoms with van der Waals surface area (Å²) in [5.41, 5.74) is 4.94. The third-order valence-corrected chi connectivity index (χ3v) is 3.59. The van der Waals surface area contributed by atoms with Gasteiger partial charge in [0.2, 0.25) is 5.91 Å². The van der Waals surface area contributed by atoms with Crippen LogP contribution in [-0.2, 0) is 4.74 Å². The third-order valence-electron chi connectivity index (χ3n) is 3.31. The maximum Gasteiger partial charge on any atom is 0.407 e. The second kappa shape index (κ2) is 6.62. The minimum Gasteiger partial charge on any atom is -0.444 e. The van der Waals surface area contributed by atoms with E-state index in [4.69, 9.17) is 22.1 Å². The lowest BCUT2D eigenvalue weighted by Gasteiger charge is -2.22. The van der Waals surface area contributed by atoms with Gasteiger partial charge in [0.05, 0.1) is 16.6 Å². The number of pyridine rings is 1. The number of rotatable bonds is 3. The zero-order valence-electron chi connectivity index (χ0n) is 13.4. The van der Waals surface area contributed by atoms with Gasteiger partial charge in [-0.2, -0.15) is 0 Å². The first-order valence-corrected chi connectivity index (χ1v) is 7.73. The lowest BCUT2D eigenvalue weighted by atomic mass is 10.2. The molecule has 0 aromatic carbocycles. The van der Waals surface area contributed by atoms with E-state index in [0.717, 1.165) is 6.42 Å². The van der Waals surface area contributed by atoms with Gasteiger partial charge in [-0.1, -0.05) is 11.6 Å². The number of nitrogens with one attached hydrogen (secondary N) is 1. The summed E-state index contributed by atoms with van der Waals surface area (Å²) in [6.07, 6.45) is 1.72. The topological polar surface area (TPSA) is 97.6 Å². The molecule has 0 bridgehead atoms. The summed E-state index contributed by atoms with van der Waals surface area (Å²) in [5, 5.41) is 3.20. The summed E-state index contributed by atoms with van der Waals surface area (Å²) in [4.78, 5) is 29.1. The van der Waals surface area contributed by atoms with E-state index in [1.807, 2.05) is 25.7 Å². The van der Waals surface area contributed by atoms with E-state index >= 15 is 0 Å². The molecule has 2 amide bonds. The van der Waals surface area contributed by atoms with E-state index in [1.54, 1.807) is 0 Å². The molecule has 3 N–H and O–H groups in total. The van der Waals surface area contributed by atoms with Crippen LogP contribution in [0.1, 0.15) is 37.6 Å². The smallest absolute Gasteiger partial charge is 0.407 e. The highest BCUT2D eigenvalue weighted by molar-refractivity contribution is 6.33. The molecule has 8 heteroatoms. The highest BCUT2D eigenvalue weighted by atomic mass is 35.5. The number of nitrogens with two attached hydrogens (primary N) is 1. The number of hydrogen-bond acceptors (Lipinski definition) is 5. The van der Waals surface area contributed by atoms with Crippen molar-refractivity contribution in [3.05, 3.63) is 22.8 Å². The van der Waals surface area contributed by atoms with Gasteiger partial charge in [-0.25, -0.2) is 9.78 Å². The Morgan fingerprint density at radius 1 is 1.48 bits per heavy atom. The molecule has 0 saturated carbocycles. The summed E-state index contributed by atoms with van der Waals surface area (Å²) >= 11 is 6.17. The fourth-order valence-corrected chi connectivity index (χ4v) is 2.63. The first-order chi connectivity index (χ1) is 10.7. The van der Waals surface area contributed by atoms with Gasteiger partial charge >= 0.3 is 6.09 Å². The molecule has 23 heavy (non-hydrogen) atoms. The molecule has 0 unspecified atom stereocenters. The van der Waals surface area contributed by atoms with Crippen molar-refractivity contribution in [1.82, 2.24) is 10.3 Å². The van der Waals surface area contributed by atoms with E-state index in [-0.39, 0.29) is 11.6 Å². The van der Waals surface area contributed by atoms with Gasteiger partial charge in [-0.05, 0) is 33.3 Å². The molecule has 1 aromatic rings. The number of anilines is 1. The average molecular weight is 341 g/mol. The van der Waals surface area contributed by atoms with Crippen molar-refractivity contribution >= 4 is 29.4 Å². The van der Waals surface area contributed by atoms with Gasteiger partial charge < -0.3 is 20.7 Å². The minimum atomic E-state index is -0.572. The van der Waals surface area contributed by atoms with Crippen LogP contribution in [0.5, 0.6) is 0 Å². The number of nitrogens with zero attached hydrogens (tertiary/aromatic N) is 2. The number of halogens is 1. The summed E-state index contributed by atoms with van der Waals surface area (Å²) < 4.78 is 5.24. The number of ether oxygens (including phenoxy) is 1. The molecule has 1 aliphatic heterocycles. The van der Waals surface area contributed by atoms with Crippen LogP contribution < -0.4 is 16.0 Å². The monoisotopic (exact) mass is 340 g/mol. The van der Waals surface area contributed by atoms with Crippen LogP contribution in [0.15, 0.2) is 12.3 Å². The number of alkyl carbamates (subject to hydrolysis) is 1. The molecule has 0 spiro atoms. The lowest BCUT2D eigenvalue weighted by Crippen LogP contribution is -2.40. The lowest BCUT2D eigenvalue weighted by molar-refractivity contribution is 0.0509. The highest BCUT2D eigenvalue weighted by Crippen LogP contribution is 2.27. The third kappa shape index (κ3) is 4.72. The largest absolute Gasteiger partial charge is 0.444 e. The van der Waals surface area contributed by atoms with E-state index in [9.17, 15) is 9.59 Å². The van der Waals surface area contributed by atoms with Crippen molar-refractivity contribution in [3.63, 3.8) is 0 Å². The Morgan fingerprint density at radius 3 is 2.74 bits per heavy atom. The molecule has 1 aromatic heterocycles. The number of hydrogen-bond donors (Lipinski definition) is 2. The van der Waals surface area contributed by atoms with Gasteiger partial charge in [-0.3, -0.25) is 4.79 Å². The van der Waals surface area contributed by atoms with Crippen LogP contribution >= 0.6 is 11.6 Å². The van der Waals surface area contributed by atoms with Crippen molar-refractivity contribution in [2.45, 2.75) is 38.8 Å². The SMILES string of the molecule is CC(C)(C)OC(=O)N[C@H]1CCN(c2ncc(C(N)=O)cc2Cl)C1. The van der Waals surface area contributed by atoms with Gasteiger partial charge in [0.15, 0.2) is 0 Å². The van der Waals surface area contributed by atoms with Crippen LogP contribution in [0.4, 0.5) is 10.6 Å². The maximum atomic E-state index is 11.8. The second-order valence-electron chi connectivity index (χ2n) is 6.47. The number of amides is 2. The van der Waals surface area contributed by atoms with Crippen molar-refractivity contribution in [3.8, 4) is 0 Å².